The van der Waals surface area contributed by atoms with E-state index in [4.69, 9.17) is 16.3 Å². The van der Waals surface area contributed by atoms with Crippen molar-refractivity contribution in [1.82, 2.24) is 4.90 Å². The largest absolute Gasteiger partial charge is 0.395 e. The molecule has 0 radical (unpaired) electrons. The van der Waals surface area contributed by atoms with Gasteiger partial charge in [0.15, 0.2) is 0 Å². The molecule has 0 aromatic rings. The zero-order chi connectivity index (χ0) is 8.81. The Bertz CT molecular complexity index is 164. The van der Waals surface area contributed by atoms with E-state index in [9.17, 15) is 0 Å². The maximum atomic E-state index is 8.99. The molecule has 0 bridgehead atoms. The Balaban J connectivity index is 2.32. The molecule has 1 aliphatic rings. The quantitative estimate of drug-likeness (QED) is 0.589. The molecule has 0 aliphatic carbocycles. The van der Waals surface area contributed by atoms with Crippen LogP contribution in [0.25, 0.3) is 0 Å². The first-order valence-corrected chi connectivity index (χ1v) is 4.24. The van der Waals surface area contributed by atoms with Crippen molar-refractivity contribution in [2.45, 2.75) is 12.5 Å². The fourth-order valence-corrected chi connectivity index (χ4v) is 1.36. The zero-order valence-corrected chi connectivity index (χ0v) is 7.20. The summed E-state index contributed by atoms with van der Waals surface area (Å²) in [6, 6.07) is 0.145. The van der Waals surface area contributed by atoms with Crippen molar-refractivity contribution in [2.24, 2.45) is 0 Å². The zero-order valence-electron chi connectivity index (χ0n) is 7.20. The molecular weight excluding hydrogens is 154 g/mol. The molecule has 0 aromatic carbocycles. The lowest BCUT2D eigenvalue weighted by Crippen LogP contribution is -2.47. The van der Waals surface area contributed by atoms with Gasteiger partial charge in [-0.2, -0.15) is 0 Å². The van der Waals surface area contributed by atoms with Gasteiger partial charge in [0, 0.05) is 19.5 Å². The molecule has 1 atom stereocenters. The van der Waals surface area contributed by atoms with E-state index in [1.807, 2.05) is 0 Å². The lowest BCUT2D eigenvalue weighted by atomic mass is 10.2. The number of nitrogens with zero attached hydrogens (tertiary/aromatic N) is 1. The van der Waals surface area contributed by atoms with E-state index < -0.39 is 0 Å². The fraction of sp³-hybridized carbons (Fsp3) is 0.778. The van der Waals surface area contributed by atoms with Gasteiger partial charge < -0.3 is 9.84 Å². The van der Waals surface area contributed by atoms with Crippen LogP contribution in [0.4, 0.5) is 0 Å². The Morgan fingerprint density at radius 1 is 1.67 bits per heavy atom. The van der Waals surface area contributed by atoms with Crippen LogP contribution in [-0.2, 0) is 4.74 Å². The minimum absolute atomic E-state index is 0.145. The molecule has 3 nitrogen and oxygen atoms in total. The van der Waals surface area contributed by atoms with E-state index >= 15 is 0 Å². The van der Waals surface area contributed by atoms with Gasteiger partial charge in [-0.05, 0) is 0 Å². The Hall–Kier alpha value is -0.560. The van der Waals surface area contributed by atoms with Crippen LogP contribution in [0.1, 0.15) is 6.42 Å². The standard InChI is InChI=1S/C9H15NO2/c1-2-3-4-10-5-6-12-8-9(10)7-11/h1,9,11H,3-8H2. The maximum Gasteiger partial charge on any atom is 0.0644 e. The summed E-state index contributed by atoms with van der Waals surface area (Å²) in [6.07, 6.45) is 5.91. The van der Waals surface area contributed by atoms with Gasteiger partial charge in [0.2, 0.25) is 0 Å². The van der Waals surface area contributed by atoms with Crippen LogP contribution in [0.15, 0.2) is 0 Å². The summed E-state index contributed by atoms with van der Waals surface area (Å²) >= 11 is 0. The molecule has 1 rings (SSSR count). The van der Waals surface area contributed by atoms with Gasteiger partial charge >= 0.3 is 0 Å². The molecule has 0 spiro atoms. The monoisotopic (exact) mass is 169 g/mol. The molecule has 1 heterocycles. The van der Waals surface area contributed by atoms with Crippen molar-refractivity contribution in [3.8, 4) is 12.3 Å². The molecule has 3 heteroatoms. The highest BCUT2D eigenvalue weighted by Gasteiger charge is 2.20. The Kier molecular flexibility index (Phi) is 4.09. The minimum Gasteiger partial charge on any atom is -0.395 e. The third-order valence-electron chi connectivity index (χ3n) is 2.10. The number of hydrogen-bond donors (Lipinski definition) is 1. The predicted octanol–water partition coefficient (Wildman–Crippen LogP) is -0.297. The highest BCUT2D eigenvalue weighted by atomic mass is 16.5. The number of hydrogen-bond acceptors (Lipinski definition) is 3. The first kappa shape index (κ1) is 9.53. The highest BCUT2D eigenvalue weighted by molar-refractivity contribution is 4.86. The number of aliphatic hydroxyl groups excluding tert-OH is 1. The Labute approximate surface area is 73.3 Å². The van der Waals surface area contributed by atoms with Gasteiger partial charge in [0.05, 0.1) is 25.9 Å². The third kappa shape index (κ3) is 2.49. The van der Waals surface area contributed by atoms with Crippen LogP contribution in [0, 0.1) is 12.3 Å². The van der Waals surface area contributed by atoms with Crippen LogP contribution < -0.4 is 0 Å². The molecule has 1 unspecified atom stereocenters. The number of terminal acetylenes is 1. The van der Waals surface area contributed by atoms with Crippen LogP contribution >= 0.6 is 0 Å². The molecule has 1 fully saturated rings. The van der Waals surface area contributed by atoms with Crippen LogP contribution in [-0.4, -0.2) is 49.0 Å². The van der Waals surface area contributed by atoms with Crippen molar-refractivity contribution in [1.29, 1.82) is 0 Å². The lowest BCUT2D eigenvalue weighted by Gasteiger charge is -2.33. The average molecular weight is 169 g/mol. The summed E-state index contributed by atoms with van der Waals surface area (Å²) in [7, 11) is 0. The van der Waals surface area contributed by atoms with Crippen LogP contribution in [0.5, 0.6) is 0 Å². The molecule has 0 amide bonds. The summed E-state index contributed by atoms with van der Waals surface area (Å²) in [6.45, 7) is 3.28. The third-order valence-corrected chi connectivity index (χ3v) is 2.10. The maximum absolute atomic E-state index is 8.99. The number of morpholine rings is 1. The number of rotatable bonds is 3. The summed E-state index contributed by atoms with van der Waals surface area (Å²) in [4.78, 5) is 2.18. The van der Waals surface area contributed by atoms with Crippen LogP contribution in [0.3, 0.4) is 0 Å². The average Bonchev–Trinajstić information content (AvgIpc) is 2.15. The Morgan fingerprint density at radius 2 is 2.50 bits per heavy atom. The fourth-order valence-electron chi connectivity index (χ4n) is 1.36. The molecule has 1 saturated heterocycles. The molecule has 1 aliphatic heterocycles. The van der Waals surface area contributed by atoms with Gasteiger partial charge in [0.1, 0.15) is 0 Å². The summed E-state index contributed by atoms with van der Waals surface area (Å²) < 4.78 is 5.23. The van der Waals surface area contributed by atoms with E-state index in [1.165, 1.54) is 0 Å². The summed E-state index contributed by atoms with van der Waals surface area (Å²) in [5.74, 6) is 2.60. The van der Waals surface area contributed by atoms with Crippen molar-refractivity contribution in [2.75, 3.05) is 32.9 Å². The summed E-state index contributed by atoms with van der Waals surface area (Å²) in [5.41, 5.74) is 0. The molecule has 1 N–H and O–H groups in total. The molecular formula is C9H15NO2. The second-order valence-electron chi connectivity index (χ2n) is 2.90. The van der Waals surface area contributed by atoms with E-state index in [0.29, 0.717) is 6.61 Å². The first-order valence-electron chi connectivity index (χ1n) is 4.24. The number of aliphatic hydroxyl groups is 1. The first-order chi connectivity index (χ1) is 5.88. The smallest absolute Gasteiger partial charge is 0.0644 e. The minimum atomic E-state index is 0.145. The second-order valence-corrected chi connectivity index (χ2v) is 2.90. The van der Waals surface area contributed by atoms with Gasteiger partial charge in [-0.3, -0.25) is 4.90 Å². The van der Waals surface area contributed by atoms with E-state index in [0.717, 1.165) is 26.1 Å². The predicted molar refractivity (Wildman–Crippen MR) is 46.7 cm³/mol. The van der Waals surface area contributed by atoms with Crippen molar-refractivity contribution < 1.29 is 9.84 Å². The lowest BCUT2D eigenvalue weighted by molar-refractivity contribution is -0.0262. The molecule has 12 heavy (non-hydrogen) atoms. The van der Waals surface area contributed by atoms with E-state index in [1.54, 1.807) is 0 Å². The van der Waals surface area contributed by atoms with Crippen molar-refractivity contribution >= 4 is 0 Å². The van der Waals surface area contributed by atoms with Gasteiger partial charge in [0.25, 0.3) is 0 Å². The highest BCUT2D eigenvalue weighted by Crippen LogP contribution is 2.06. The van der Waals surface area contributed by atoms with Gasteiger partial charge in [-0.25, -0.2) is 0 Å². The van der Waals surface area contributed by atoms with Gasteiger partial charge in [-0.15, -0.1) is 12.3 Å². The van der Waals surface area contributed by atoms with Crippen molar-refractivity contribution in [3.05, 3.63) is 0 Å². The SMILES string of the molecule is C#CCCN1CCOCC1CO. The van der Waals surface area contributed by atoms with E-state index in [-0.39, 0.29) is 12.6 Å². The summed E-state index contributed by atoms with van der Waals surface area (Å²) in [5, 5.41) is 8.99. The van der Waals surface area contributed by atoms with Crippen LogP contribution in [0.2, 0.25) is 0 Å². The molecule has 68 valence electrons. The second kappa shape index (κ2) is 5.15. The topological polar surface area (TPSA) is 32.7 Å². The van der Waals surface area contributed by atoms with Crippen molar-refractivity contribution in [3.63, 3.8) is 0 Å². The van der Waals surface area contributed by atoms with Gasteiger partial charge in [-0.1, -0.05) is 0 Å². The normalized spacial score (nSPS) is 25.2. The molecule has 0 saturated carbocycles. The van der Waals surface area contributed by atoms with E-state index in [2.05, 4.69) is 10.8 Å². The molecule has 0 aromatic heterocycles. The Morgan fingerprint density at radius 3 is 3.17 bits per heavy atom. The number of ether oxygens (including phenoxy) is 1.